The second-order valence-electron chi connectivity index (χ2n) is 8.21. The number of sulfonamides is 1. The van der Waals surface area contributed by atoms with E-state index in [1.54, 1.807) is 18.2 Å². The van der Waals surface area contributed by atoms with Crippen molar-refractivity contribution < 1.29 is 32.8 Å². The molecule has 2 aromatic heterocycles. The fourth-order valence-corrected chi connectivity index (χ4v) is 4.61. The first-order valence-electron chi connectivity index (χ1n) is 11.6. The molecule has 0 fully saturated rings. The lowest BCUT2D eigenvalue weighted by Crippen LogP contribution is -2.78. The Bertz CT molecular complexity index is 1490. The summed E-state index contributed by atoms with van der Waals surface area (Å²) < 4.78 is 34.0. The fourth-order valence-electron chi connectivity index (χ4n) is 3.40. The summed E-state index contributed by atoms with van der Waals surface area (Å²) in [6.07, 6.45) is 3.01. The molecular formula is C24H29N6O7S+. The summed E-state index contributed by atoms with van der Waals surface area (Å²) in [6, 6.07) is 11.4. The molecule has 1 aromatic carbocycles. The second-order valence-corrected chi connectivity index (χ2v) is 9.93. The van der Waals surface area contributed by atoms with Crippen molar-refractivity contribution in [2.24, 2.45) is 11.5 Å². The van der Waals surface area contributed by atoms with Crippen LogP contribution < -0.4 is 36.8 Å². The van der Waals surface area contributed by atoms with Gasteiger partial charge in [0.05, 0.1) is 24.2 Å². The van der Waals surface area contributed by atoms with Crippen LogP contribution in [0, 0.1) is 0 Å². The summed E-state index contributed by atoms with van der Waals surface area (Å²) in [5, 5.41) is 11.8. The minimum Gasteiger partial charge on any atom is -0.492 e. The lowest BCUT2D eigenvalue weighted by Gasteiger charge is -2.16. The monoisotopic (exact) mass is 545 g/mol. The van der Waals surface area contributed by atoms with E-state index in [9.17, 15) is 27.9 Å². The molecule has 0 radical (unpaired) electrons. The first-order valence-corrected chi connectivity index (χ1v) is 13.0. The number of nitrogens with one attached hydrogen (secondary N) is 3. The highest BCUT2D eigenvalue weighted by atomic mass is 32.2. The first kappa shape index (κ1) is 28.1. The van der Waals surface area contributed by atoms with Gasteiger partial charge in [-0.3, -0.25) is 35.2 Å². The fraction of sp³-hybridized carbons (Fsp3) is 0.250. The van der Waals surface area contributed by atoms with Crippen LogP contribution in [0.15, 0.2) is 70.5 Å². The number of rotatable bonds is 13. The van der Waals surface area contributed by atoms with E-state index in [2.05, 4.69) is 15.0 Å². The Hall–Kier alpha value is -4.43. The topological polar surface area (TPSA) is 209 Å². The van der Waals surface area contributed by atoms with Crippen molar-refractivity contribution in [3.05, 3.63) is 76.7 Å². The van der Waals surface area contributed by atoms with Gasteiger partial charge < -0.3 is 15.2 Å². The molecule has 0 bridgehead atoms. The predicted octanol–water partition coefficient (Wildman–Crippen LogP) is -2.03. The van der Waals surface area contributed by atoms with Gasteiger partial charge in [-0.15, -0.1) is 0 Å². The highest BCUT2D eigenvalue weighted by Crippen LogP contribution is 2.14. The summed E-state index contributed by atoms with van der Waals surface area (Å²) in [6.45, 7) is 0.475. The molecule has 0 aliphatic heterocycles. The van der Waals surface area contributed by atoms with Crippen molar-refractivity contribution in [1.82, 2.24) is 14.4 Å². The third kappa shape index (κ3) is 7.78. The third-order valence-electron chi connectivity index (χ3n) is 5.32. The van der Waals surface area contributed by atoms with E-state index in [1.165, 1.54) is 40.9 Å². The molecule has 0 saturated heterocycles. The number of pyridine rings is 2. The number of nitrogens with two attached hydrogens (primary N) is 2. The van der Waals surface area contributed by atoms with Crippen LogP contribution in [-0.2, 0) is 14.8 Å². The highest BCUT2D eigenvalue weighted by Gasteiger charge is 2.26. The average Bonchev–Trinajstić information content (AvgIpc) is 2.88. The smallest absolute Gasteiger partial charge is 0.338 e. The van der Waals surface area contributed by atoms with E-state index in [0.717, 1.165) is 18.9 Å². The van der Waals surface area contributed by atoms with Gasteiger partial charge in [-0.1, -0.05) is 18.2 Å². The third-order valence-corrected chi connectivity index (χ3v) is 6.81. The number of ether oxygens (including phenoxy) is 1. The molecule has 1 unspecified atom stereocenters. The van der Waals surface area contributed by atoms with E-state index < -0.39 is 40.0 Å². The molecule has 0 aliphatic rings. The summed E-state index contributed by atoms with van der Waals surface area (Å²) in [7, 11) is -4.13. The number of hydrogen-bond donors (Lipinski definition) is 6. The number of carbonyl (C=O) groups is 2. The molecule has 0 aliphatic carbocycles. The number of aromatic nitrogens is 1. The van der Waals surface area contributed by atoms with Gasteiger partial charge in [0.25, 0.3) is 11.5 Å². The zero-order chi connectivity index (χ0) is 27.7. The standard InChI is InChI=1S/C24H28N6O7S/c25-24(26)27-10-4-5-11-37-18-9-8-17-12-16(13-21(31)30(17)15-18)22(32)28-14-20(23(33)34)29-38(35,36)19-6-2-1-3-7-19/h1-3,6-9,12-13,15,20,29H,4-5,10-11,14H2,(H,28,32)(H,33,34)(H4,25,26,27)/p+1. The van der Waals surface area contributed by atoms with Crippen molar-refractivity contribution in [2.75, 3.05) is 19.7 Å². The Balaban J connectivity index is 1.64. The molecule has 3 aromatic rings. The number of carboxylic acid groups (broad SMARTS) is 1. The molecule has 38 heavy (non-hydrogen) atoms. The molecule has 202 valence electrons. The van der Waals surface area contributed by atoms with E-state index in [4.69, 9.17) is 16.2 Å². The molecule has 14 heteroatoms. The zero-order valence-electron chi connectivity index (χ0n) is 20.3. The minimum absolute atomic E-state index is 0.0118. The van der Waals surface area contributed by atoms with Crippen LogP contribution >= 0.6 is 0 Å². The minimum atomic E-state index is -4.13. The Morgan fingerprint density at radius 2 is 1.82 bits per heavy atom. The number of carboxylic acids is 1. The molecule has 2 heterocycles. The van der Waals surface area contributed by atoms with E-state index in [-0.39, 0.29) is 16.4 Å². The summed E-state index contributed by atoms with van der Waals surface area (Å²) in [5.74, 6) is -1.60. The van der Waals surface area contributed by atoms with Crippen molar-refractivity contribution in [2.45, 2.75) is 23.8 Å². The first-order chi connectivity index (χ1) is 18.1. The van der Waals surface area contributed by atoms with Crippen LogP contribution in [0.5, 0.6) is 5.75 Å². The van der Waals surface area contributed by atoms with Crippen LogP contribution in [0.25, 0.3) is 5.52 Å². The summed E-state index contributed by atoms with van der Waals surface area (Å²) >= 11 is 0. The second kappa shape index (κ2) is 12.7. The van der Waals surface area contributed by atoms with Gasteiger partial charge in [0.1, 0.15) is 11.8 Å². The van der Waals surface area contributed by atoms with Gasteiger partial charge in [0, 0.05) is 23.7 Å². The Morgan fingerprint density at radius 3 is 2.50 bits per heavy atom. The normalized spacial score (nSPS) is 12.0. The molecule has 1 atom stereocenters. The van der Waals surface area contributed by atoms with Gasteiger partial charge in [-0.2, -0.15) is 4.72 Å². The van der Waals surface area contributed by atoms with Gasteiger partial charge >= 0.3 is 11.9 Å². The maximum absolute atomic E-state index is 12.7. The van der Waals surface area contributed by atoms with Gasteiger partial charge in [-0.25, -0.2) is 8.42 Å². The Kier molecular flexibility index (Phi) is 9.40. The van der Waals surface area contributed by atoms with E-state index >= 15 is 0 Å². The maximum atomic E-state index is 12.7. The van der Waals surface area contributed by atoms with Crippen LogP contribution in [-0.4, -0.2) is 61.5 Å². The largest absolute Gasteiger partial charge is 0.492 e. The number of carbonyl (C=O) groups excluding carboxylic acids is 1. The number of amides is 1. The van der Waals surface area contributed by atoms with Crippen LogP contribution in [0.1, 0.15) is 23.2 Å². The van der Waals surface area contributed by atoms with Gasteiger partial charge in [0.15, 0.2) is 0 Å². The molecule has 1 amide bonds. The summed E-state index contributed by atoms with van der Waals surface area (Å²) in [5.41, 5.74) is 10.5. The molecule has 0 spiro atoms. The number of aliphatic carboxylic acids is 1. The predicted molar refractivity (Wildman–Crippen MR) is 138 cm³/mol. The average molecular weight is 546 g/mol. The van der Waals surface area contributed by atoms with Crippen molar-refractivity contribution in [1.29, 1.82) is 0 Å². The molecule has 0 saturated carbocycles. The van der Waals surface area contributed by atoms with Gasteiger partial charge in [0.2, 0.25) is 10.0 Å². The lowest BCUT2D eigenvalue weighted by atomic mass is 10.2. The number of benzene rings is 1. The quantitative estimate of drug-likeness (QED) is 0.0794. The molecule has 13 nitrogen and oxygen atoms in total. The van der Waals surface area contributed by atoms with E-state index in [1.807, 2.05) is 0 Å². The van der Waals surface area contributed by atoms with Crippen LogP contribution in [0.2, 0.25) is 0 Å². The molecule has 3 rings (SSSR count). The van der Waals surface area contributed by atoms with Gasteiger partial charge in [-0.05, 0) is 43.2 Å². The number of guanidine groups is 1. The number of fused-ring (bicyclic) bond motifs is 1. The summed E-state index contributed by atoms with van der Waals surface area (Å²) in [4.78, 5) is 39.6. The SMILES string of the molecule is NC(N)=[NH+]CCCCOc1ccc2cc(C(=O)NCC(NS(=O)(=O)c3ccccc3)C(=O)O)cc(=O)n2c1. The molecule has 8 N–H and O–H groups in total. The van der Waals surface area contributed by atoms with Crippen LogP contribution in [0.4, 0.5) is 0 Å². The molecular weight excluding hydrogens is 516 g/mol. The number of hydrogen-bond acceptors (Lipinski definition) is 6. The maximum Gasteiger partial charge on any atom is 0.338 e. The number of nitrogens with zero attached hydrogens (tertiary/aromatic N) is 1. The van der Waals surface area contributed by atoms with Crippen LogP contribution in [0.3, 0.4) is 0 Å². The Morgan fingerprint density at radius 1 is 1.08 bits per heavy atom. The highest BCUT2D eigenvalue weighted by molar-refractivity contribution is 7.89. The van der Waals surface area contributed by atoms with Crippen molar-refractivity contribution in [3.63, 3.8) is 0 Å². The lowest BCUT2D eigenvalue weighted by molar-refractivity contribution is -0.459. The number of unbranched alkanes of at least 4 members (excludes halogenated alkanes) is 1. The van der Waals surface area contributed by atoms with Crippen molar-refractivity contribution >= 4 is 33.4 Å². The zero-order valence-corrected chi connectivity index (χ0v) is 21.1. The Labute approximate surface area is 218 Å². The van der Waals surface area contributed by atoms with E-state index in [0.29, 0.717) is 24.4 Å². The van der Waals surface area contributed by atoms with Crippen molar-refractivity contribution in [3.8, 4) is 5.75 Å².